The lowest BCUT2D eigenvalue weighted by molar-refractivity contribution is 0.425. The minimum Gasteiger partial charge on any atom is -0.423 e. The van der Waals surface area contributed by atoms with Crippen molar-refractivity contribution in [3.8, 4) is 0 Å². The second-order valence-electron chi connectivity index (χ2n) is 3.70. The molecule has 0 aromatic carbocycles. The van der Waals surface area contributed by atoms with Crippen molar-refractivity contribution in [1.82, 2.24) is 9.97 Å². The number of rotatable bonds is 3. The summed E-state index contributed by atoms with van der Waals surface area (Å²) in [5.41, 5.74) is 0.339. The van der Waals surface area contributed by atoms with E-state index in [9.17, 15) is 0 Å². The predicted molar refractivity (Wildman–Crippen MR) is 60.0 cm³/mol. The van der Waals surface area contributed by atoms with Crippen molar-refractivity contribution in [2.45, 2.75) is 36.1 Å². The third-order valence-electron chi connectivity index (χ3n) is 2.52. The molecule has 2 N–H and O–H groups in total. The van der Waals surface area contributed by atoms with E-state index in [0.29, 0.717) is 10.7 Å². The van der Waals surface area contributed by atoms with E-state index in [2.05, 4.69) is 9.97 Å². The number of nitrogens with zero attached hydrogens (tertiary/aromatic N) is 2. The second-order valence-corrected chi connectivity index (χ2v) is 4.96. The molecule has 1 aromatic heterocycles. The average molecular weight is 224 g/mol. The molecule has 0 amide bonds. The van der Waals surface area contributed by atoms with Gasteiger partial charge in [0.2, 0.25) is 0 Å². The van der Waals surface area contributed by atoms with Gasteiger partial charge in [-0.2, -0.15) is 0 Å². The van der Waals surface area contributed by atoms with Crippen LogP contribution in [-0.4, -0.2) is 32.4 Å². The standard InChI is InChI=1S/C9H13BN2O2S/c13-10(14)7-5-11-9(12-6-7)15-8-3-1-2-4-8/h5-6,8,13-14H,1-4H2. The Morgan fingerprint density at radius 2 is 1.80 bits per heavy atom. The van der Waals surface area contributed by atoms with Gasteiger partial charge in [-0.1, -0.05) is 24.6 Å². The topological polar surface area (TPSA) is 66.2 Å². The van der Waals surface area contributed by atoms with Crippen molar-refractivity contribution in [2.75, 3.05) is 0 Å². The monoisotopic (exact) mass is 224 g/mol. The fourth-order valence-electron chi connectivity index (χ4n) is 1.68. The van der Waals surface area contributed by atoms with Crippen molar-refractivity contribution in [3.05, 3.63) is 12.4 Å². The summed E-state index contributed by atoms with van der Waals surface area (Å²) >= 11 is 1.69. The Kier molecular flexibility index (Phi) is 3.61. The SMILES string of the molecule is OB(O)c1cnc(SC2CCCC2)nc1. The van der Waals surface area contributed by atoms with Gasteiger partial charge in [-0.05, 0) is 12.8 Å². The Labute approximate surface area is 93.3 Å². The smallest absolute Gasteiger partial charge is 0.423 e. The highest BCUT2D eigenvalue weighted by Gasteiger charge is 2.18. The van der Waals surface area contributed by atoms with Gasteiger partial charge in [0.25, 0.3) is 0 Å². The van der Waals surface area contributed by atoms with Gasteiger partial charge in [0.15, 0.2) is 5.16 Å². The van der Waals surface area contributed by atoms with Gasteiger partial charge < -0.3 is 10.0 Å². The summed E-state index contributed by atoms with van der Waals surface area (Å²) in [6, 6.07) is 0. The van der Waals surface area contributed by atoms with E-state index < -0.39 is 7.12 Å². The highest BCUT2D eigenvalue weighted by atomic mass is 32.2. The highest BCUT2D eigenvalue weighted by Crippen LogP contribution is 2.32. The van der Waals surface area contributed by atoms with Crippen LogP contribution >= 0.6 is 11.8 Å². The van der Waals surface area contributed by atoms with E-state index in [1.807, 2.05) is 0 Å². The summed E-state index contributed by atoms with van der Waals surface area (Å²) in [7, 11) is -1.48. The van der Waals surface area contributed by atoms with Crippen molar-refractivity contribution in [2.24, 2.45) is 0 Å². The zero-order valence-electron chi connectivity index (χ0n) is 8.33. The Hall–Kier alpha value is -0.585. The van der Waals surface area contributed by atoms with E-state index in [4.69, 9.17) is 10.0 Å². The molecule has 1 aliphatic rings. The average Bonchev–Trinajstić information content (AvgIpc) is 2.71. The number of hydrogen-bond acceptors (Lipinski definition) is 5. The van der Waals surface area contributed by atoms with Crippen molar-refractivity contribution in [1.29, 1.82) is 0 Å². The van der Waals surface area contributed by atoms with Crippen LogP contribution < -0.4 is 5.46 Å². The van der Waals surface area contributed by atoms with E-state index in [1.54, 1.807) is 11.8 Å². The fourth-order valence-corrected chi connectivity index (χ4v) is 2.77. The van der Waals surface area contributed by atoms with Gasteiger partial charge in [0.05, 0.1) is 0 Å². The first-order valence-electron chi connectivity index (χ1n) is 5.10. The first-order chi connectivity index (χ1) is 7.25. The van der Waals surface area contributed by atoms with Gasteiger partial charge >= 0.3 is 7.12 Å². The molecule has 1 saturated carbocycles. The van der Waals surface area contributed by atoms with E-state index in [0.717, 1.165) is 5.16 Å². The lowest BCUT2D eigenvalue weighted by Gasteiger charge is -2.06. The molecular formula is C9H13BN2O2S. The first kappa shape index (κ1) is 10.9. The summed E-state index contributed by atoms with van der Waals surface area (Å²) in [6.07, 6.45) is 8.00. The Morgan fingerprint density at radius 3 is 2.33 bits per heavy atom. The van der Waals surface area contributed by atoms with Crippen LogP contribution in [-0.2, 0) is 0 Å². The van der Waals surface area contributed by atoms with Crippen LogP contribution in [0.2, 0.25) is 0 Å². The summed E-state index contributed by atoms with van der Waals surface area (Å²) in [6.45, 7) is 0. The van der Waals surface area contributed by atoms with Crippen LogP contribution in [0, 0.1) is 0 Å². The largest absolute Gasteiger partial charge is 0.491 e. The molecular weight excluding hydrogens is 211 g/mol. The highest BCUT2D eigenvalue weighted by molar-refractivity contribution is 7.99. The molecule has 0 saturated heterocycles. The molecule has 4 nitrogen and oxygen atoms in total. The molecule has 1 heterocycles. The molecule has 2 rings (SSSR count). The van der Waals surface area contributed by atoms with E-state index in [1.165, 1.54) is 38.1 Å². The maximum Gasteiger partial charge on any atom is 0.491 e. The minimum atomic E-state index is -1.48. The molecule has 1 aromatic rings. The molecule has 0 bridgehead atoms. The van der Waals surface area contributed by atoms with Crippen LogP contribution in [0.4, 0.5) is 0 Å². The molecule has 15 heavy (non-hydrogen) atoms. The molecule has 1 fully saturated rings. The van der Waals surface area contributed by atoms with Crippen LogP contribution in [0.25, 0.3) is 0 Å². The third-order valence-corrected chi connectivity index (χ3v) is 3.75. The Morgan fingerprint density at radius 1 is 1.20 bits per heavy atom. The lowest BCUT2D eigenvalue weighted by Crippen LogP contribution is -2.30. The maximum atomic E-state index is 8.87. The van der Waals surface area contributed by atoms with Crippen LogP contribution in [0.3, 0.4) is 0 Å². The Bertz CT molecular complexity index is 314. The van der Waals surface area contributed by atoms with Gasteiger partial charge in [-0.15, -0.1) is 0 Å². The quantitative estimate of drug-likeness (QED) is 0.566. The van der Waals surface area contributed by atoms with Crippen LogP contribution in [0.1, 0.15) is 25.7 Å². The van der Waals surface area contributed by atoms with Gasteiger partial charge in [-0.3, -0.25) is 0 Å². The summed E-state index contributed by atoms with van der Waals surface area (Å²) < 4.78 is 0. The minimum absolute atomic E-state index is 0.339. The molecule has 80 valence electrons. The zero-order valence-corrected chi connectivity index (χ0v) is 9.15. The van der Waals surface area contributed by atoms with Crippen LogP contribution in [0.15, 0.2) is 17.6 Å². The summed E-state index contributed by atoms with van der Waals surface area (Å²) in [5.74, 6) is 0. The second kappa shape index (κ2) is 4.96. The van der Waals surface area contributed by atoms with E-state index >= 15 is 0 Å². The number of thioether (sulfide) groups is 1. The van der Waals surface area contributed by atoms with Gasteiger partial charge in [0, 0.05) is 23.1 Å². The third kappa shape index (κ3) is 2.93. The van der Waals surface area contributed by atoms with Crippen molar-refractivity contribution >= 4 is 24.3 Å². The molecule has 6 heteroatoms. The van der Waals surface area contributed by atoms with Crippen LogP contribution in [0.5, 0.6) is 0 Å². The predicted octanol–water partition coefficient (Wildman–Crippen LogP) is 0.191. The summed E-state index contributed by atoms with van der Waals surface area (Å²) in [5, 5.41) is 19.1. The van der Waals surface area contributed by atoms with E-state index in [-0.39, 0.29) is 0 Å². The molecule has 0 unspecified atom stereocenters. The van der Waals surface area contributed by atoms with Gasteiger partial charge in [-0.25, -0.2) is 9.97 Å². The molecule has 0 atom stereocenters. The fraction of sp³-hybridized carbons (Fsp3) is 0.556. The lowest BCUT2D eigenvalue weighted by atomic mass is 9.83. The molecule has 0 spiro atoms. The molecule has 1 aliphatic carbocycles. The Balaban J connectivity index is 1.97. The normalized spacial score (nSPS) is 16.9. The van der Waals surface area contributed by atoms with Crippen molar-refractivity contribution < 1.29 is 10.0 Å². The zero-order chi connectivity index (χ0) is 10.7. The summed E-state index contributed by atoms with van der Waals surface area (Å²) in [4.78, 5) is 8.19. The number of aromatic nitrogens is 2. The number of hydrogen-bond donors (Lipinski definition) is 2. The first-order valence-corrected chi connectivity index (χ1v) is 5.98. The van der Waals surface area contributed by atoms with Crippen molar-refractivity contribution in [3.63, 3.8) is 0 Å². The maximum absolute atomic E-state index is 8.87. The van der Waals surface area contributed by atoms with Gasteiger partial charge in [0.1, 0.15) is 0 Å². The molecule has 0 aliphatic heterocycles. The molecule has 0 radical (unpaired) electrons.